The van der Waals surface area contributed by atoms with Gasteiger partial charge in [-0.05, 0) is 24.3 Å². The Morgan fingerprint density at radius 2 is 2.00 bits per heavy atom. The van der Waals surface area contributed by atoms with Crippen molar-refractivity contribution >= 4 is 33.5 Å². The second kappa shape index (κ2) is 5.25. The molecular formula is C9H8BrClO2. The highest BCUT2D eigenvalue weighted by molar-refractivity contribution is 9.09. The van der Waals surface area contributed by atoms with E-state index >= 15 is 0 Å². The average molecular weight is 264 g/mol. The first-order valence-electron chi connectivity index (χ1n) is 3.72. The molecule has 0 saturated carbocycles. The Labute approximate surface area is 90.0 Å². The monoisotopic (exact) mass is 262 g/mol. The number of rotatable bonds is 3. The fourth-order valence-electron chi connectivity index (χ4n) is 0.801. The SMILES string of the molecule is O=C(OCCBr)c1ccc(Cl)cc1. The summed E-state index contributed by atoms with van der Waals surface area (Å²) in [6.07, 6.45) is 0. The van der Waals surface area contributed by atoms with Crippen LogP contribution in [-0.4, -0.2) is 17.9 Å². The number of benzene rings is 1. The molecule has 0 aliphatic heterocycles. The maximum Gasteiger partial charge on any atom is 0.338 e. The van der Waals surface area contributed by atoms with Crippen molar-refractivity contribution < 1.29 is 9.53 Å². The third-order valence-electron chi connectivity index (χ3n) is 1.39. The quantitative estimate of drug-likeness (QED) is 0.619. The van der Waals surface area contributed by atoms with E-state index in [9.17, 15) is 4.79 Å². The van der Waals surface area contributed by atoms with Crippen LogP contribution in [0.4, 0.5) is 0 Å². The van der Waals surface area contributed by atoms with Gasteiger partial charge in [0.15, 0.2) is 0 Å². The molecule has 0 aromatic heterocycles. The van der Waals surface area contributed by atoms with Gasteiger partial charge in [-0.2, -0.15) is 0 Å². The van der Waals surface area contributed by atoms with E-state index in [1.807, 2.05) is 0 Å². The Bertz CT molecular complexity index is 284. The van der Waals surface area contributed by atoms with Gasteiger partial charge in [-0.3, -0.25) is 0 Å². The van der Waals surface area contributed by atoms with Crippen LogP contribution in [0.15, 0.2) is 24.3 Å². The van der Waals surface area contributed by atoms with Crippen molar-refractivity contribution in [3.8, 4) is 0 Å². The Hall–Kier alpha value is -0.540. The number of hydrogen-bond donors (Lipinski definition) is 0. The maximum absolute atomic E-state index is 11.2. The zero-order valence-electron chi connectivity index (χ0n) is 6.80. The molecule has 0 amide bonds. The molecule has 0 spiro atoms. The molecule has 4 heteroatoms. The van der Waals surface area contributed by atoms with Crippen LogP contribution in [0.5, 0.6) is 0 Å². The summed E-state index contributed by atoms with van der Waals surface area (Å²) < 4.78 is 4.89. The van der Waals surface area contributed by atoms with Crippen LogP contribution < -0.4 is 0 Å². The van der Waals surface area contributed by atoms with Gasteiger partial charge in [0.25, 0.3) is 0 Å². The molecule has 0 fully saturated rings. The molecule has 0 N–H and O–H groups in total. The highest BCUT2D eigenvalue weighted by Gasteiger charge is 2.05. The van der Waals surface area contributed by atoms with Crippen molar-refractivity contribution in [2.24, 2.45) is 0 Å². The van der Waals surface area contributed by atoms with Crippen LogP contribution in [0.3, 0.4) is 0 Å². The third-order valence-corrected chi connectivity index (χ3v) is 1.97. The standard InChI is InChI=1S/C9H8BrClO2/c10-5-6-13-9(12)7-1-3-8(11)4-2-7/h1-4H,5-6H2. The second-order valence-electron chi connectivity index (χ2n) is 2.33. The number of carbonyl (C=O) groups is 1. The van der Waals surface area contributed by atoms with Crippen molar-refractivity contribution in [3.05, 3.63) is 34.9 Å². The average Bonchev–Trinajstić information content (AvgIpc) is 2.15. The largest absolute Gasteiger partial charge is 0.461 e. The van der Waals surface area contributed by atoms with E-state index in [1.54, 1.807) is 24.3 Å². The Morgan fingerprint density at radius 1 is 1.38 bits per heavy atom. The molecule has 0 aliphatic carbocycles. The molecule has 0 saturated heterocycles. The molecule has 2 nitrogen and oxygen atoms in total. The minimum absolute atomic E-state index is 0.323. The van der Waals surface area contributed by atoms with E-state index in [2.05, 4.69) is 15.9 Å². The lowest BCUT2D eigenvalue weighted by atomic mass is 10.2. The lowest BCUT2D eigenvalue weighted by Gasteiger charge is -2.01. The minimum Gasteiger partial charge on any atom is -0.461 e. The Kier molecular flexibility index (Phi) is 4.25. The minimum atomic E-state index is -0.323. The zero-order chi connectivity index (χ0) is 9.68. The van der Waals surface area contributed by atoms with Crippen LogP contribution in [-0.2, 0) is 4.74 Å². The van der Waals surface area contributed by atoms with Crippen molar-refractivity contribution in [2.75, 3.05) is 11.9 Å². The van der Waals surface area contributed by atoms with Gasteiger partial charge in [0.1, 0.15) is 6.61 Å². The summed E-state index contributed by atoms with van der Waals surface area (Å²) in [5, 5.41) is 1.25. The summed E-state index contributed by atoms with van der Waals surface area (Å²) >= 11 is 8.82. The van der Waals surface area contributed by atoms with Gasteiger partial charge in [0.05, 0.1) is 5.56 Å². The summed E-state index contributed by atoms with van der Waals surface area (Å²) in [6, 6.07) is 6.59. The maximum atomic E-state index is 11.2. The molecule has 13 heavy (non-hydrogen) atoms. The molecule has 0 atom stereocenters. The van der Waals surface area contributed by atoms with Gasteiger partial charge < -0.3 is 4.74 Å². The molecule has 1 rings (SSSR count). The molecule has 70 valence electrons. The van der Waals surface area contributed by atoms with Gasteiger partial charge >= 0.3 is 5.97 Å². The smallest absolute Gasteiger partial charge is 0.338 e. The van der Waals surface area contributed by atoms with E-state index < -0.39 is 0 Å². The first-order chi connectivity index (χ1) is 6.24. The highest BCUT2D eigenvalue weighted by Crippen LogP contribution is 2.10. The van der Waals surface area contributed by atoms with Gasteiger partial charge in [0.2, 0.25) is 0 Å². The van der Waals surface area contributed by atoms with Crippen LogP contribution in [0.1, 0.15) is 10.4 Å². The molecule has 0 bridgehead atoms. The number of hydrogen-bond acceptors (Lipinski definition) is 2. The van der Waals surface area contributed by atoms with Gasteiger partial charge in [-0.1, -0.05) is 27.5 Å². The van der Waals surface area contributed by atoms with Gasteiger partial charge in [0, 0.05) is 10.4 Å². The van der Waals surface area contributed by atoms with Crippen molar-refractivity contribution in [3.63, 3.8) is 0 Å². The van der Waals surface area contributed by atoms with Crippen molar-refractivity contribution in [2.45, 2.75) is 0 Å². The summed E-state index contributed by atoms with van der Waals surface area (Å²) in [6.45, 7) is 0.376. The second-order valence-corrected chi connectivity index (χ2v) is 3.56. The first kappa shape index (κ1) is 10.5. The van der Waals surface area contributed by atoms with Crippen molar-refractivity contribution in [1.82, 2.24) is 0 Å². The first-order valence-corrected chi connectivity index (χ1v) is 5.22. The fraction of sp³-hybridized carbons (Fsp3) is 0.222. The number of alkyl halides is 1. The number of carbonyl (C=O) groups excluding carboxylic acids is 1. The molecule has 0 aliphatic rings. The van der Waals surface area contributed by atoms with E-state index in [4.69, 9.17) is 16.3 Å². The zero-order valence-corrected chi connectivity index (χ0v) is 9.14. The predicted molar refractivity (Wildman–Crippen MR) is 55.5 cm³/mol. The lowest BCUT2D eigenvalue weighted by Crippen LogP contribution is -2.06. The normalized spacial score (nSPS) is 9.69. The summed E-state index contributed by atoms with van der Waals surface area (Å²) in [5.41, 5.74) is 0.519. The fourth-order valence-corrected chi connectivity index (χ4v) is 1.09. The van der Waals surface area contributed by atoms with Crippen LogP contribution in [0.2, 0.25) is 5.02 Å². The Balaban J connectivity index is 2.61. The molecular weight excluding hydrogens is 255 g/mol. The number of halogens is 2. The number of ether oxygens (including phenoxy) is 1. The molecule has 0 unspecified atom stereocenters. The van der Waals surface area contributed by atoms with Crippen molar-refractivity contribution in [1.29, 1.82) is 0 Å². The number of esters is 1. The molecule has 0 radical (unpaired) electrons. The van der Waals surface area contributed by atoms with Crippen LogP contribution >= 0.6 is 27.5 Å². The summed E-state index contributed by atoms with van der Waals surface area (Å²) in [4.78, 5) is 11.2. The van der Waals surface area contributed by atoms with Crippen LogP contribution in [0.25, 0.3) is 0 Å². The van der Waals surface area contributed by atoms with E-state index in [0.29, 0.717) is 22.5 Å². The highest BCUT2D eigenvalue weighted by atomic mass is 79.9. The predicted octanol–water partition coefficient (Wildman–Crippen LogP) is 2.89. The van der Waals surface area contributed by atoms with E-state index in [1.165, 1.54) is 0 Å². The van der Waals surface area contributed by atoms with Gasteiger partial charge in [-0.25, -0.2) is 4.79 Å². The topological polar surface area (TPSA) is 26.3 Å². The molecule has 1 aromatic carbocycles. The Morgan fingerprint density at radius 3 is 2.54 bits per heavy atom. The van der Waals surface area contributed by atoms with Crippen LogP contribution in [0, 0.1) is 0 Å². The summed E-state index contributed by atoms with van der Waals surface area (Å²) in [7, 11) is 0. The van der Waals surface area contributed by atoms with E-state index in [-0.39, 0.29) is 5.97 Å². The lowest BCUT2D eigenvalue weighted by molar-refractivity contribution is 0.0531. The van der Waals surface area contributed by atoms with Gasteiger partial charge in [-0.15, -0.1) is 0 Å². The van der Waals surface area contributed by atoms with E-state index in [0.717, 1.165) is 0 Å². The molecule has 1 aromatic rings. The molecule has 0 heterocycles. The summed E-state index contributed by atoms with van der Waals surface area (Å²) in [5.74, 6) is -0.323. The third kappa shape index (κ3) is 3.36.